The molecule has 1 aliphatic heterocycles. The van der Waals surface area contributed by atoms with Crippen LogP contribution in [0.25, 0.3) is 0 Å². The van der Waals surface area contributed by atoms with Gasteiger partial charge in [0.1, 0.15) is 18.4 Å². The molecule has 6 nitrogen and oxygen atoms in total. The van der Waals surface area contributed by atoms with E-state index in [9.17, 15) is 14.7 Å². The predicted octanol–water partition coefficient (Wildman–Crippen LogP) is 3.41. The van der Waals surface area contributed by atoms with Gasteiger partial charge in [-0.05, 0) is 36.1 Å². The molecule has 1 aromatic carbocycles. The Hall–Kier alpha value is -2.86. The van der Waals surface area contributed by atoms with Crippen LogP contribution in [0.3, 0.4) is 0 Å². The van der Waals surface area contributed by atoms with Crippen LogP contribution in [0.4, 0.5) is 11.4 Å². The van der Waals surface area contributed by atoms with E-state index in [4.69, 9.17) is 4.42 Å². The predicted molar refractivity (Wildman–Crippen MR) is 101 cm³/mol. The van der Waals surface area contributed by atoms with Crippen LogP contribution in [0.2, 0.25) is 0 Å². The fraction of sp³-hybridized carbons (Fsp3) is 0.333. The molecule has 140 valence electrons. The highest BCUT2D eigenvalue weighted by atomic mass is 16.3. The van der Waals surface area contributed by atoms with Gasteiger partial charge in [0.2, 0.25) is 0 Å². The summed E-state index contributed by atoms with van der Waals surface area (Å²) in [5.74, 6) is -0.00779. The number of carbonyl (C=O) groups excluding carboxylic acids is 2. The third kappa shape index (κ3) is 2.96. The molecule has 6 heteroatoms. The maximum Gasteiger partial charge on any atom is 0.253 e. The molecule has 2 aromatic rings. The van der Waals surface area contributed by atoms with Gasteiger partial charge in [-0.2, -0.15) is 0 Å². The van der Waals surface area contributed by atoms with E-state index in [0.29, 0.717) is 29.9 Å². The van der Waals surface area contributed by atoms with Crippen molar-refractivity contribution in [1.82, 2.24) is 0 Å². The molecule has 2 heterocycles. The van der Waals surface area contributed by atoms with Crippen molar-refractivity contribution in [3.8, 4) is 0 Å². The molecule has 0 fully saturated rings. The van der Waals surface area contributed by atoms with Gasteiger partial charge in [0.05, 0.1) is 17.6 Å². The minimum atomic E-state index is -0.714. The van der Waals surface area contributed by atoms with Crippen molar-refractivity contribution in [2.75, 3.05) is 16.8 Å². The van der Waals surface area contributed by atoms with Gasteiger partial charge >= 0.3 is 0 Å². The summed E-state index contributed by atoms with van der Waals surface area (Å²) in [5.41, 5.74) is 2.49. The smallest absolute Gasteiger partial charge is 0.253 e. The number of hydrogen-bond donors (Lipinski definition) is 2. The second kappa shape index (κ2) is 6.39. The third-order valence-electron chi connectivity index (χ3n) is 5.12. The number of aliphatic hydroxyl groups is 1. The lowest BCUT2D eigenvalue weighted by Crippen LogP contribution is -2.40. The summed E-state index contributed by atoms with van der Waals surface area (Å²) in [5, 5.41) is 13.0. The molecule has 2 aliphatic rings. The van der Waals surface area contributed by atoms with E-state index in [0.717, 1.165) is 11.4 Å². The van der Waals surface area contributed by atoms with Crippen molar-refractivity contribution in [3.63, 3.8) is 0 Å². The van der Waals surface area contributed by atoms with Crippen LogP contribution in [0.15, 0.2) is 58.3 Å². The Morgan fingerprint density at radius 3 is 2.74 bits per heavy atom. The summed E-state index contributed by atoms with van der Waals surface area (Å²) in [6, 6.07) is 10.2. The minimum absolute atomic E-state index is 0.0151. The van der Waals surface area contributed by atoms with Crippen LogP contribution in [0, 0.1) is 5.41 Å². The summed E-state index contributed by atoms with van der Waals surface area (Å²) in [4.78, 5) is 27.4. The first-order valence-corrected chi connectivity index (χ1v) is 9.00. The largest absolute Gasteiger partial charge is 0.467 e. The Labute approximate surface area is 157 Å². The van der Waals surface area contributed by atoms with Gasteiger partial charge < -0.3 is 14.8 Å². The number of fused-ring (bicyclic) bond motifs is 1. The summed E-state index contributed by atoms with van der Waals surface area (Å²) in [6.07, 6.45) is 2.60. The van der Waals surface area contributed by atoms with Crippen molar-refractivity contribution < 1.29 is 19.1 Å². The Bertz CT molecular complexity index is 927. The molecule has 0 bridgehead atoms. The Morgan fingerprint density at radius 2 is 2.04 bits per heavy atom. The van der Waals surface area contributed by atoms with Gasteiger partial charge in [0.15, 0.2) is 5.78 Å². The number of ketones is 1. The number of carbonyl (C=O) groups is 2. The van der Waals surface area contributed by atoms with Crippen LogP contribution >= 0.6 is 0 Å². The topological polar surface area (TPSA) is 82.8 Å². The fourth-order valence-electron chi connectivity index (χ4n) is 4.05. The average molecular weight is 366 g/mol. The molecule has 0 unspecified atom stereocenters. The molecule has 1 amide bonds. The first-order chi connectivity index (χ1) is 12.9. The van der Waals surface area contributed by atoms with Crippen molar-refractivity contribution in [2.24, 2.45) is 5.41 Å². The normalized spacial score (nSPS) is 21.2. The number of hydrogen-bond acceptors (Lipinski definition) is 5. The molecular weight excluding hydrogens is 344 g/mol. The van der Waals surface area contributed by atoms with E-state index < -0.39 is 18.6 Å². The van der Waals surface area contributed by atoms with Crippen molar-refractivity contribution in [2.45, 2.75) is 32.7 Å². The maximum absolute atomic E-state index is 13.2. The number of nitrogens with zero attached hydrogens (tertiary/aromatic N) is 1. The Morgan fingerprint density at radius 1 is 1.26 bits per heavy atom. The van der Waals surface area contributed by atoms with Gasteiger partial charge in [-0.15, -0.1) is 0 Å². The molecule has 2 N–H and O–H groups in total. The third-order valence-corrected chi connectivity index (χ3v) is 5.12. The molecule has 1 aliphatic carbocycles. The number of amides is 1. The highest BCUT2D eigenvalue weighted by Crippen LogP contribution is 2.48. The number of aliphatic hydroxyl groups excluding tert-OH is 1. The summed E-state index contributed by atoms with van der Waals surface area (Å²) >= 11 is 0. The fourth-order valence-corrected chi connectivity index (χ4v) is 4.05. The molecule has 1 aromatic heterocycles. The Kier molecular flexibility index (Phi) is 4.15. The molecule has 0 saturated carbocycles. The second-order valence-corrected chi connectivity index (χ2v) is 7.82. The maximum atomic E-state index is 13.2. The quantitative estimate of drug-likeness (QED) is 0.851. The molecular formula is C21H22N2O4. The van der Waals surface area contributed by atoms with E-state index in [1.54, 1.807) is 18.2 Å². The van der Waals surface area contributed by atoms with E-state index in [2.05, 4.69) is 19.2 Å². The summed E-state index contributed by atoms with van der Waals surface area (Å²) < 4.78 is 5.63. The number of rotatable bonds is 2. The molecule has 4 rings (SSSR count). The molecule has 1 atom stereocenters. The SMILES string of the molecule is CC1(C)CC(=O)C2=C(C1)Nc1ccccc1N(C(=O)CO)[C@@H]2c1ccco1. The van der Waals surface area contributed by atoms with Crippen molar-refractivity contribution in [1.29, 1.82) is 0 Å². The second-order valence-electron chi connectivity index (χ2n) is 7.82. The first kappa shape index (κ1) is 17.5. The lowest BCUT2D eigenvalue weighted by Gasteiger charge is -2.35. The lowest BCUT2D eigenvalue weighted by molar-refractivity contribution is -0.122. The van der Waals surface area contributed by atoms with Gasteiger partial charge in [0, 0.05) is 17.7 Å². The zero-order chi connectivity index (χ0) is 19.2. The van der Waals surface area contributed by atoms with Crippen LogP contribution in [0.1, 0.15) is 38.5 Å². The lowest BCUT2D eigenvalue weighted by atomic mass is 9.74. The van der Waals surface area contributed by atoms with Crippen LogP contribution in [0.5, 0.6) is 0 Å². The highest BCUT2D eigenvalue weighted by molar-refractivity contribution is 6.06. The first-order valence-electron chi connectivity index (χ1n) is 9.00. The highest BCUT2D eigenvalue weighted by Gasteiger charge is 2.44. The van der Waals surface area contributed by atoms with Crippen molar-refractivity contribution >= 4 is 23.1 Å². The van der Waals surface area contributed by atoms with Crippen molar-refractivity contribution in [3.05, 3.63) is 59.7 Å². The van der Waals surface area contributed by atoms with E-state index in [-0.39, 0.29) is 11.2 Å². The van der Waals surface area contributed by atoms with E-state index in [1.807, 2.05) is 18.2 Å². The number of furan rings is 1. The van der Waals surface area contributed by atoms with E-state index >= 15 is 0 Å². The molecule has 0 radical (unpaired) electrons. The number of para-hydroxylation sites is 2. The molecule has 27 heavy (non-hydrogen) atoms. The molecule has 0 spiro atoms. The summed E-state index contributed by atoms with van der Waals surface area (Å²) in [6.45, 7) is 3.46. The van der Waals surface area contributed by atoms with Gasteiger partial charge in [-0.1, -0.05) is 26.0 Å². The van der Waals surface area contributed by atoms with Crippen LogP contribution in [-0.2, 0) is 9.59 Å². The van der Waals surface area contributed by atoms with Gasteiger partial charge in [0.25, 0.3) is 5.91 Å². The van der Waals surface area contributed by atoms with E-state index in [1.165, 1.54) is 11.2 Å². The van der Waals surface area contributed by atoms with Gasteiger partial charge in [-0.25, -0.2) is 0 Å². The zero-order valence-electron chi connectivity index (χ0n) is 15.4. The number of Topliss-reactive ketones (excluding diaryl/α,β-unsaturated/α-hetero) is 1. The average Bonchev–Trinajstić information content (AvgIpc) is 3.09. The monoisotopic (exact) mass is 366 g/mol. The Balaban J connectivity index is 2.00. The van der Waals surface area contributed by atoms with Gasteiger partial charge in [-0.3, -0.25) is 14.5 Å². The van der Waals surface area contributed by atoms with Crippen LogP contribution in [-0.4, -0.2) is 23.4 Å². The summed E-state index contributed by atoms with van der Waals surface area (Å²) in [7, 11) is 0. The molecule has 0 saturated heterocycles. The number of nitrogens with one attached hydrogen (secondary N) is 1. The van der Waals surface area contributed by atoms with Crippen LogP contribution < -0.4 is 10.2 Å². The standard InChI is InChI=1S/C21H22N2O4/c1-21(2)10-14-19(16(25)11-21)20(17-8-5-9-27-17)23(18(26)12-24)15-7-4-3-6-13(15)22-14/h3-9,20,22,24H,10-12H2,1-2H3/t20-/m1/s1. The zero-order valence-corrected chi connectivity index (χ0v) is 15.4. The number of benzene rings is 1. The number of anilines is 2. The minimum Gasteiger partial charge on any atom is -0.467 e. The number of allylic oxidation sites excluding steroid dienone is 1.